The minimum absolute atomic E-state index is 0.307. The van der Waals surface area contributed by atoms with Gasteiger partial charge >= 0.3 is 0 Å². The van der Waals surface area contributed by atoms with E-state index < -0.39 is 0 Å². The molecule has 0 bridgehead atoms. The predicted octanol–water partition coefficient (Wildman–Crippen LogP) is 3.15. The Morgan fingerprint density at radius 2 is 2.16 bits per heavy atom. The molecule has 2 N–H and O–H groups in total. The Morgan fingerprint density at radius 3 is 2.95 bits per heavy atom. The number of nitrogens with zero attached hydrogens (tertiary/aromatic N) is 2. The molecule has 100 valence electrons. The van der Waals surface area contributed by atoms with Crippen molar-refractivity contribution in [2.45, 2.75) is 18.6 Å². The molecule has 1 fully saturated rings. The molecule has 0 amide bonds. The summed E-state index contributed by atoms with van der Waals surface area (Å²) in [5.74, 6) is 1.17. The van der Waals surface area contributed by atoms with Crippen molar-refractivity contribution in [1.82, 2.24) is 4.98 Å². The Balaban J connectivity index is 2.05. The summed E-state index contributed by atoms with van der Waals surface area (Å²) >= 11 is 2.05. The van der Waals surface area contributed by atoms with Crippen molar-refractivity contribution in [1.29, 1.82) is 0 Å². The van der Waals surface area contributed by atoms with Gasteiger partial charge in [-0.25, -0.2) is 0 Å². The van der Waals surface area contributed by atoms with E-state index in [1.54, 1.807) is 0 Å². The first-order chi connectivity index (χ1) is 9.05. The van der Waals surface area contributed by atoms with Crippen LogP contribution in [0.4, 0.5) is 11.4 Å². The molecule has 3 nitrogen and oxygen atoms in total. The molecule has 2 heterocycles. The fourth-order valence-corrected chi connectivity index (χ4v) is 3.76. The highest BCUT2D eigenvalue weighted by molar-refractivity contribution is 8.00. The number of nitrogens with two attached hydrogens (primary N) is 1. The van der Waals surface area contributed by atoms with Crippen LogP contribution in [-0.2, 0) is 0 Å². The highest BCUT2D eigenvalue weighted by atomic mass is 32.2. The fraction of sp³-hybridized carbons (Fsp3) is 0.400. The van der Waals surface area contributed by atoms with Crippen LogP contribution in [0.25, 0.3) is 10.9 Å². The first-order valence-corrected chi connectivity index (χ1v) is 7.57. The van der Waals surface area contributed by atoms with Crippen LogP contribution in [0.5, 0.6) is 0 Å². The van der Waals surface area contributed by atoms with Crippen LogP contribution < -0.4 is 10.6 Å². The molecule has 1 aromatic carbocycles. The zero-order valence-electron chi connectivity index (χ0n) is 11.4. The summed E-state index contributed by atoms with van der Waals surface area (Å²) in [7, 11) is 0. The molecule has 1 saturated heterocycles. The van der Waals surface area contributed by atoms with Gasteiger partial charge < -0.3 is 10.6 Å². The lowest BCUT2D eigenvalue weighted by molar-refractivity contribution is 0.649. The van der Waals surface area contributed by atoms with Crippen LogP contribution in [0.3, 0.4) is 0 Å². The topological polar surface area (TPSA) is 42.2 Å². The maximum absolute atomic E-state index is 5.84. The van der Waals surface area contributed by atoms with Crippen molar-refractivity contribution in [3.63, 3.8) is 0 Å². The smallest absolute Gasteiger partial charge is 0.0743 e. The number of nitrogen functional groups attached to an aromatic ring is 1. The molecule has 1 aromatic heterocycles. The van der Waals surface area contributed by atoms with E-state index >= 15 is 0 Å². The van der Waals surface area contributed by atoms with Gasteiger partial charge in [0.15, 0.2) is 0 Å². The Kier molecular flexibility index (Phi) is 3.05. The van der Waals surface area contributed by atoms with E-state index in [1.165, 1.54) is 16.8 Å². The van der Waals surface area contributed by atoms with Gasteiger partial charge in [0.1, 0.15) is 0 Å². The molecule has 0 aliphatic carbocycles. The highest BCUT2D eigenvalue weighted by Crippen LogP contribution is 2.35. The Hall–Kier alpha value is -1.42. The molecular weight excluding hydrogens is 254 g/mol. The number of thioether (sulfide) groups is 1. The standard InChI is InChI=1S/C15H19N3S/c1-15(2)10-18(7-8-19-15)14-5-6-17-13-9-11(16)3-4-12(13)14/h3-6,9H,7-8,10,16H2,1-2H3. The van der Waals surface area contributed by atoms with Gasteiger partial charge in [-0.15, -0.1) is 0 Å². The van der Waals surface area contributed by atoms with Crippen LogP contribution in [0.1, 0.15) is 13.8 Å². The van der Waals surface area contributed by atoms with E-state index in [4.69, 9.17) is 5.73 Å². The van der Waals surface area contributed by atoms with E-state index in [1.807, 2.05) is 30.1 Å². The average Bonchev–Trinajstić information content (AvgIpc) is 2.36. The molecule has 0 unspecified atom stereocenters. The van der Waals surface area contributed by atoms with Crippen molar-refractivity contribution in [3.8, 4) is 0 Å². The predicted molar refractivity (Wildman–Crippen MR) is 84.9 cm³/mol. The third kappa shape index (κ3) is 2.50. The fourth-order valence-electron chi connectivity index (χ4n) is 2.65. The molecule has 1 aliphatic heterocycles. The first kappa shape index (κ1) is 12.6. The molecule has 1 aliphatic rings. The molecule has 0 atom stereocenters. The van der Waals surface area contributed by atoms with Crippen molar-refractivity contribution in [2.75, 3.05) is 29.5 Å². The van der Waals surface area contributed by atoms with Crippen LogP contribution in [0, 0.1) is 0 Å². The molecule has 4 heteroatoms. The van der Waals surface area contributed by atoms with Crippen LogP contribution in [0.15, 0.2) is 30.5 Å². The van der Waals surface area contributed by atoms with Crippen molar-refractivity contribution in [2.24, 2.45) is 0 Å². The quantitative estimate of drug-likeness (QED) is 0.811. The van der Waals surface area contributed by atoms with Gasteiger partial charge in [-0.2, -0.15) is 11.8 Å². The summed E-state index contributed by atoms with van der Waals surface area (Å²) < 4.78 is 0.307. The van der Waals surface area contributed by atoms with Gasteiger partial charge in [-0.1, -0.05) is 0 Å². The number of benzene rings is 1. The third-order valence-corrected chi connectivity index (χ3v) is 4.81. The van der Waals surface area contributed by atoms with Crippen molar-refractivity contribution in [3.05, 3.63) is 30.5 Å². The highest BCUT2D eigenvalue weighted by Gasteiger charge is 2.27. The van der Waals surface area contributed by atoms with Crippen molar-refractivity contribution < 1.29 is 0 Å². The monoisotopic (exact) mass is 273 g/mol. The van der Waals surface area contributed by atoms with E-state index in [9.17, 15) is 0 Å². The molecule has 0 saturated carbocycles. The van der Waals surface area contributed by atoms with Crippen LogP contribution in [-0.4, -0.2) is 28.6 Å². The second-order valence-electron chi connectivity index (χ2n) is 5.64. The minimum atomic E-state index is 0.307. The van der Waals surface area contributed by atoms with Gasteiger partial charge in [0.25, 0.3) is 0 Å². The minimum Gasteiger partial charge on any atom is -0.399 e. The van der Waals surface area contributed by atoms with E-state index in [-0.39, 0.29) is 0 Å². The molecule has 2 aromatic rings. The van der Waals surface area contributed by atoms with Crippen molar-refractivity contribution >= 4 is 34.0 Å². The lowest BCUT2D eigenvalue weighted by atomic mass is 10.1. The number of rotatable bonds is 1. The number of pyridine rings is 1. The van der Waals surface area contributed by atoms with Gasteiger partial charge in [0, 0.05) is 46.5 Å². The molecule has 0 radical (unpaired) electrons. The van der Waals surface area contributed by atoms with Gasteiger partial charge in [0.2, 0.25) is 0 Å². The zero-order chi connectivity index (χ0) is 13.5. The number of hydrogen-bond acceptors (Lipinski definition) is 4. The number of aromatic nitrogens is 1. The second-order valence-corrected chi connectivity index (χ2v) is 7.44. The largest absolute Gasteiger partial charge is 0.399 e. The SMILES string of the molecule is CC1(C)CN(c2ccnc3cc(N)ccc23)CCS1. The first-order valence-electron chi connectivity index (χ1n) is 6.58. The Bertz CT molecular complexity index is 609. The molecular formula is C15H19N3S. The maximum atomic E-state index is 5.84. The molecule has 19 heavy (non-hydrogen) atoms. The number of anilines is 2. The van der Waals surface area contributed by atoms with Gasteiger partial charge in [-0.05, 0) is 38.1 Å². The molecule has 3 rings (SSSR count). The third-order valence-electron chi connectivity index (χ3n) is 3.51. The van der Waals surface area contributed by atoms with Crippen LogP contribution in [0.2, 0.25) is 0 Å². The summed E-state index contributed by atoms with van der Waals surface area (Å²) in [6, 6.07) is 8.10. The zero-order valence-corrected chi connectivity index (χ0v) is 12.2. The number of hydrogen-bond donors (Lipinski definition) is 1. The van der Waals surface area contributed by atoms with E-state index in [0.29, 0.717) is 4.75 Å². The molecule has 0 spiro atoms. The summed E-state index contributed by atoms with van der Waals surface area (Å²) in [6.45, 7) is 6.79. The second kappa shape index (κ2) is 4.60. The van der Waals surface area contributed by atoms with Gasteiger partial charge in [-0.3, -0.25) is 4.98 Å². The van der Waals surface area contributed by atoms with E-state index in [2.05, 4.69) is 35.9 Å². The summed E-state index contributed by atoms with van der Waals surface area (Å²) in [5, 5.41) is 1.19. The van der Waals surface area contributed by atoms with E-state index in [0.717, 1.165) is 24.3 Å². The summed E-state index contributed by atoms with van der Waals surface area (Å²) in [4.78, 5) is 6.89. The van der Waals surface area contributed by atoms with Crippen LogP contribution >= 0.6 is 11.8 Å². The number of fused-ring (bicyclic) bond motifs is 1. The normalized spacial score (nSPS) is 18.7. The summed E-state index contributed by atoms with van der Waals surface area (Å²) in [5.41, 5.74) is 8.87. The lowest BCUT2D eigenvalue weighted by Gasteiger charge is -2.39. The Labute approximate surface area is 118 Å². The van der Waals surface area contributed by atoms with Gasteiger partial charge in [0.05, 0.1) is 5.52 Å². The Morgan fingerprint density at radius 1 is 1.32 bits per heavy atom. The maximum Gasteiger partial charge on any atom is 0.0743 e. The summed E-state index contributed by atoms with van der Waals surface area (Å²) in [6.07, 6.45) is 1.88. The lowest BCUT2D eigenvalue weighted by Crippen LogP contribution is -2.43. The average molecular weight is 273 g/mol.